The average molecular weight is 698 g/mol. The third kappa shape index (κ3) is 16.7. The number of primary amides is 2. The standard InChI is InChI=1S/C32H59N9O8/c1-7-18(5)26(31(48)39-22(15-24(35)44)29(46)37-20(16-42)11-9-10-14-33)41-32(49)27(19(6)8-2)40-28(45)21(12-13-23(34)43)38-30(47)25(36)17(3)4/h16-22,25-27H,7-15,33,36H2,1-6H3,(H2,34,43)(H2,35,44)(H,37,46)(H,38,47)(H,39,48)(H,40,45)(H,41,49)/t18-,19-,20-,21-,22-,25-,26-,27-/m0/s1. The number of nitrogens with two attached hydrogens (primary N) is 4. The molecule has 0 saturated carbocycles. The molecule has 7 amide bonds. The van der Waals surface area contributed by atoms with Gasteiger partial charge in [-0.05, 0) is 50.0 Å². The molecule has 17 heteroatoms. The van der Waals surface area contributed by atoms with Crippen molar-refractivity contribution in [3.63, 3.8) is 0 Å². The van der Waals surface area contributed by atoms with Gasteiger partial charge in [-0.1, -0.05) is 54.4 Å². The van der Waals surface area contributed by atoms with E-state index in [-0.39, 0.29) is 18.8 Å². The molecular weight excluding hydrogens is 638 g/mol. The Kier molecular flexibility index (Phi) is 21.3. The maximum atomic E-state index is 13.7. The fourth-order valence-corrected chi connectivity index (χ4v) is 4.66. The molecule has 0 aromatic rings. The molecule has 0 aliphatic carbocycles. The molecule has 0 heterocycles. The van der Waals surface area contributed by atoms with Gasteiger partial charge in [0.15, 0.2) is 0 Å². The molecule has 17 nitrogen and oxygen atoms in total. The van der Waals surface area contributed by atoms with Crippen LogP contribution in [-0.2, 0) is 38.4 Å². The lowest BCUT2D eigenvalue weighted by molar-refractivity contribution is -0.137. The van der Waals surface area contributed by atoms with Crippen LogP contribution >= 0.6 is 0 Å². The van der Waals surface area contributed by atoms with Crippen LogP contribution in [0.4, 0.5) is 0 Å². The minimum atomic E-state index is -1.44. The van der Waals surface area contributed by atoms with Gasteiger partial charge in [-0.25, -0.2) is 0 Å². The zero-order valence-electron chi connectivity index (χ0n) is 29.7. The Hall–Kier alpha value is -4.12. The quantitative estimate of drug-likeness (QED) is 0.0372. The molecule has 49 heavy (non-hydrogen) atoms. The van der Waals surface area contributed by atoms with E-state index < -0.39 is 95.9 Å². The highest BCUT2D eigenvalue weighted by molar-refractivity contribution is 5.97. The van der Waals surface area contributed by atoms with Gasteiger partial charge in [0.1, 0.15) is 30.5 Å². The third-order valence-electron chi connectivity index (χ3n) is 8.42. The monoisotopic (exact) mass is 697 g/mol. The molecule has 0 saturated heterocycles. The van der Waals surface area contributed by atoms with Crippen molar-refractivity contribution in [2.24, 2.45) is 40.7 Å². The summed E-state index contributed by atoms with van der Waals surface area (Å²) >= 11 is 0. The predicted molar refractivity (Wildman–Crippen MR) is 183 cm³/mol. The zero-order chi connectivity index (χ0) is 37.8. The van der Waals surface area contributed by atoms with E-state index in [4.69, 9.17) is 22.9 Å². The highest BCUT2D eigenvalue weighted by atomic mass is 16.2. The Labute approximate surface area is 288 Å². The van der Waals surface area contributed by atoms with Crippen molar-refractivity contribution >= 4 is 47.6 Å². The summed E-state index contributed by atoms with van der Waals surface area (Å²) in [6, 6.07) is -6.90. The summed E-state index contributed by atoms with van der Waals surface area (Å²) in [5.41, 5.74) is 22.1. The van der Waals surface area contributed by atoms with E-state index in [1.165, 1.54) is 0 Å². The maximum Gasteiger partial charge on any atom is 0.243 e. The molecular formula is C32H59N9O8. The number of amides is 7. The molecule has 13 N–H and O–H groups in total. The van der Waals surface area contributed by atoms with Gasteiger partial charge in [-0.2, -0.15) is 0 Å². The Bertz CT molecular complexity index is 1140. The minimum absolute atomic E-state index is 0.147. The van der Waals surface area contributed by atoms with Crippen LogP contribution in [0.1, 0.15) is 92.9 Å². The molecule has 280 valence electrons. The zero-order valence-corrected chi connectivity index (χ0v) is 29.7. The second kappa shape index (κ2) is 23.3. The van der Waals surface area contributed by atoms with Crippen LogP contribution < -0.4 is 49.5 Å². The summed E-state index contributed by atoms with van der Waals surface area (Å²) in [4.78, 5) is 101. The lowest BCUT2D eigenvalue weighted by Gasteiger charge is -2.31. The Balaban J connectivity index is 6.16. The van der Waals surface area contributed by atoms with Gasteiger partial charge in [0.25, 0.3) is 0 Å². The van der Waals surface area contributed by atoms with Crippen LogP contribution in [0.2, 0.25) is 0 Å². The van der Waals surface area contributed by atoms with Crippen LogP contribution in [0, 0.1) is 17.8 Å². The summed E-state index contributed by atoms with van der Waals surface area (Å²) in [7, 11) is 0. The molecule has 0 aromatic carbocycles. The minimum Gasteiger partial charge on any atom is -0.370 e. The number of aldehydes is 1. The van der Waals surface area contributed by atoms with Gasteiger partial charge in [0.2, 0.25) is 41.4 Å². The van der Waals surface area contributed by atoms with E-state index >= 15 is 0 Å². The fourth-order valence-electron chi connectivity index (χ4n) is 4.66. The van der Waals surface area contributed by atoms with Crippen LogP contribution in [0.15, 0.2) is 0 Å². The van der Waals surface area contributed by atoms with Crippen LogP contribution in [-0.4, -0.2) is 90.4 Å². The Morgan fingerprint density at radius 2 is 1.12 bits per heavy atom. The van der Waals surface area contributed by atoms with Crippen molar-refractivity contribution in [1.82, 2.24) is 26.6 Å². The molecule has 0 rings (SSSR count). The normalized spacial score (nSPS) is 16.0. The van der Waals surface area contributed by atoms with E-state index in [0.29, 0.717) is 44.9 Å². The summed E-state index contributed by atoms with van der Waals surface area (Å²) in [5.74, 6) is -6.47. The molecule has 0 aliphatic rings. The van der Waals surface area contributed by atoms with E-state index in [1.807, 2.05) is 0 Å². The van der Waals surface area contributed by atoms with Crippen molar-refractivity contribution in [1.29, 1.82) is 0 Å². The van der Waals surface area contributed by atoms with E-state index in [2.05, 4.69) is 26.6 Å². The summed E-state index contributed by atoms with van der Waals surface area (Å²) < 4.78 is 0. The first-order valence-corrected chi connectivity index (χ1v) is 16.9. The smallest absolute Gasteiger partial charge is 0.243 e. The molecule has 0 radical (unpaired) electrons. The number of rotatable bonds is 25. The van der Waals surface area contributed by atoms with E-state index in [9.17, 15) is 38.4 Å². The largest absolute Gasteiger partial charge is 0.370 e. The van der Waals surface area contributed by atoms with E-state index in [0.717, 1.165) is 0 Å². The lowest BCUT2D eigenvalue weighted by atomic mass is 9.94. The predicted octanol–water partition coefficient (Wildman–Crippen LogP) is -2.05. The Morgan fingerprint density at radius 3 is 1.57 bits per heavy atom. The first-order chi connectivity index (χ1) is 22.9. The topological polar surface area (TPSA) is 301 Å². The van der Waals surface area contributed by atoms with Gasteiger partial charge in [-0.3, -0.25) is 33.6 Å². The van der Waals surface area contributed by atoms with Crippen LogP contribution in [0.3, 0.4) is 0 Å². The Morgan fingerprint density at radius 1 is 0.633 bits per heavy atom. The number of unbranched alkanes of at least 4 members (excludes halogenated alkanes) is 1. The molecule has 0 spiro atoms. The number of hydrogen-bond acceptors (Lipinski definition) is 10. The lowest BCUT2D eigenvalue weighted by Crippen LogP contribution is -2.61. The van der Waals surface area contributed by atoms with Crippen molar-refractivity contribution in [3.05, 3.63) is 0 Å². The van der Waals surface area contributed by atoms with Crippen molar-refractivity contribution in [2.45, 2.75) is 129 Å². The molecule has 0 bridgehead atoms. The highest BCUT2D eigenvalue weighted by Crippen LogP contribution is 2.14. The summed E-state index contributed by atoms with van der Waals surface area (Å²) in [6.45, 7) is 10.8. The number of carbonyl (C=O) groups excluding carboxylic acids is 8. The molecule has 0 unspecified atom stereocenters. The molecule has 0 fully saturated rings. The first kappa shape index (κ1) is 44.9. The van der Waals surface area contributed by atoms with Crippen molar-refractivity contribution in [2.75, 3.05) is 6.54 Å². The SMILES string of the molecule is CC[C@H](C)[C@H](NC(=O)[C@H](CCC(N)=O)NC(=O)[C@@H](N)C(C)C)C(=O)N[C@H](C(=O)N[C@@H](CC(N)=O)C(=O)N[C@H](C=O)CCCCN)[C@@H](C)CC. The highest BCUT2D eigenvalue weighted by Gasteiger charge is 2.36. The summed E-state index contributed by atoms with van der Waals surface area (Å²) in [6.07, 6.45) is 1.94. The third-order valence-corrected chi connectivity index (χ3v) is 8.42. The van der Waals surface area contributed by atoms with Gasteiger partial charge >= 0.3 is 0 Å². The second-order valence-corrected chi connectivity index (χ2v) is 12.8. The van der Waals surface area contributed by atoms with Crippen LogP contribution in [0.25, 0.3) is 0 Å². The maximum absolute atomic E-state index is 13.7. The van der Waals surface area contributed by atoms with Crippen LogP contribution in [0.5, 0.6) is 0 Å². The second-order valence-electron chi connectivity index (χ2n) is 12.8. The van der Waals surface area contributed by atoms with Crippen molar-refractivity contribution in [3.8, 4) is 0 Å². The molecule has 0 aliphatic heterocycles. The number of nitrogens with one attached hydrogen (secondary N) is 5. The first-order valence-electron chi connectivity index (χ1n) is 16.9. The van der Waals surface area contributed by atoms with Gasteiger partial charge in [0.05, 0.1) is 18.5 Å². The number of hydrogen-bond donors (Lipinski definition) is 9. The van der Waals surface area contributed by atoms with Gasteiger partial charge in [0, 0.05) is 6.42 Å². The molecule has 8 atom stereocenters. The molecule has 0 aromatic heterocycles. The summed E-state index contributed by atoms with van der Waals surface area (Å²) in [5, 5.41) is 12.8. The van der Waals surface area contributed by atoms with E-state index in [1.54, 1.807) is 41.5 Å². The van der Waals surface area contributed by atoms with Crippen molar-refractivity contribution < 1.29 is 38.4 Å². The van der Waals surface area contributed by atoms with Gasteiger partial charge < -0.3 is 54.3 Å². The average Bonchev–Trinajstić information content (AvgIpc) is 3.04. The fraction of sp³-hybridized carbons (Fsp3) is 0.750. The van der Waals surface area contributed by atoms with Gasteiger partial charge in [-0.15, -0.1) is 0 Å². The number of carbonyl (C=O) groups is 8.